The van der Waals surface area contributed by atoms with E-state index in [-0.39, 0.29) is 24.2 Å². The van der Waals surface area contributed by atoms with Crippen LogP contribution in [0.1, 0.15) is 27.2 Å². The molecule has 4 heteroatoms. The average molecular weight is 185 g/mol. The monoisotopic (exact) mass is 185 g/mol. The fraction of sp³-hybridized carbons (Fsp3) is 0.778. The number of carbonyl (C=O) groups excluding carboxylic acids is 2. The molecular formula is C9H15NO3. The summed E-state index contributed by atoms with van der Waals surface area (Å²) in [5, 5.41) is 2.60. The van der Waals surface area contributed by atoms with Gasteiger partial charge in [0.25, 0.3) is 0 Å². The molecule has 74 valence electrons. The van der Waals surface area contributed by atoms with Crippen molar-refractivity contribution >= 4 is 11.9 Å². The second-order valence-electron chi connectivity index (χ2n) is 4.24. The van der Waals surface area contributed by atoms with Crippen LogP contribution in [0.15, 0.2) is 0 Å². The minimum atomic E-state index is -0.470. The Bertz CT molecular complexity index is 230. The Kier molecular flexibility index (Phi) is 2.59. The highest BCUT2D eigenvalue weighted by molar-refractivity contribution is 5.86. The molecule has 4 nitrogen and oxygen atoms in total. The molecule has 0 bridgehead atoms. The Morgan fingerprint density at radius 1 is 1.54 bits per heavy atom. The third kappa shape index (κ3) is 3.05. The first-order valence-electron chi connectivity index (χ1n) is 4.38. The van der Waals surface area contributed by atoms with Gasteiger partial charge in [-0.1, -0.05) is 0 Å². The van der Waals surface area contributed by atoms with Crippen molar-refractivity contribution < 1.29 is 14.3 Å². The lowest BCUT2D eigenvalue weighted by atomic mass is 10.1. The van der Waals surface area contributed by atoms with Crippen molar-refractivity contribution in [2.75, 3.05) is 6.54 Å². The van der Waals surface area contributed by atoms with E-state index in [0.717, 1.165) is 0 Å². The van der Waals surface area contributed by atoms with E-state index >= 15 is 0 Å². The lowest BCUT2D eigenvalue weighted by molar-refractivity contribution is -0.159. The molecule has 1 aliphatic rings. The summed E-state index contributed by atoms with van der Waals surface area (Å²) < 4.78 is 5.14. The van der Waals surface area contributed by atoms with E-state index in [9.17, 15) is 9.59 Å². The maximum atomic E-state index is 11.4. The van der Waals surface area contributed by atoms with Gasteiger partial charge in [-0.2, -0.15) is 0 Å². The third-order valence-electron chi connectivity index (χ3n) is 1.72. The summed E-state index contributed by atoms with van der Waals surface area (Å²) in [6.45, 7) is 5.85. The molecule has 0 spiro atoms. The van der Waals surface area contributed by atoms with Crippen LogP contribution in [-0.2, 0) is 14.3 Å². The highest BCUT2D eigenvalue weighted by Gasteiger charge is 2.31. The van der Waals surface area contributed by atoms with E-state index in [1.54, 1.807) is 0 Å². The fourth-order valence-corrected chi connectivity index (χ4v) is 1.16. The van der Waals surface area contributed by atoms with E-state index in [1.807, 2.05) is 20.8 Å². The molecule has 1 heterocycles. The Morgan fingerprint density at radius 2 is 2.15 bits per heavy atom. The second kappa shape index (κ2) is 3.36. The topological polar surface area (TPSA) is 55.4 Å². The SMILES string of the molecule is CC(C)(C)OC(=O)[C@@H]1CNC(=O)C1. The van der Waals surface area contributed by atoms with Gasteiger partial charge in [-0.15, -0.1) is 0 Å². The summed E-state index contributed by atoms with van der Waals surface area (Å²) in [7, 11) is 0. The number of carbonyl (C=O) groups is 2. The van der Waals surface area contributed by atoms with Gasteiger partial charge in [0.1, 0.15) is 5.60 Å². The molecule has 1 fully saturated rings. The van der Waals surface area contributed by atoms with Gasteiger partial charge in [-0.05, 0) is 20.8 Å². The Hall–Kier alpha value is -1.06. The predicted octanol–water partition coefficient (Wildman–Crippen LogP) is 0.464. The van der Waals surface area contributed by atoms with Crippen molar-refractivity contribution in [3.63, 3.8) is 0 Å². The first kappa shape index (κ1) is 10.0. The quantitative estimate of drug-likeness (QED) is 0.604. The molecule has 0 aromatic heterocycles. The standard InChI is InChI=1S/C9H15NO3/c1-9(2,3)13-8(12)6-4-7(11)10-5-6/h6H,4-5H2,1-3H3,(H,10,11)/t6-/m0/s1. The van der Waals surface area contributed by atoms with Gasteiger partial charge in [0.05, 0.1) is 5.92 Å². The number of rotatable bonds is 1. The minimum Gasteiger partial charge on any atom is -0.460 e. The summed E-state index contributed by atoms with van der Waals surface area (Å²) in [5.74, 6) is -0.659. The molecule has 0 unspecified atom stereocenters. The van der Waals surface area contributed by atoms with Crippen LogP contribution < -0.4 is 5.32 Å². The van der Waals surface area contributed by atoms with Gasteiger partial charge in [0.2, 0.25) is 5.91 Å². The Morgan fingerprint density at radius 3 is 2.54 bits per heavy atom. The van der Waals surface area contributed by atoms with E-state index in [1.165, 1.54) is 0 Å². The van der Waals surface area contributed by atoms with E-state index < -0.39 is 5.60 Å². The molecule has 0 aromatic rings. The number of amides is 1. The highest BCUT2D eigenvalue weighted by atomic mass is 16.6. The van der Waals surface area contributed by atoms with Gasteiger partial charge < -0.3 is 10.1 Å². The zero-order chi connectivity index (χ0) is 10.1. The van der Waals surface area contributed by atoms with Gasteiger partial charge in [0, 0.05) is 13.0 Å². The first-order valence-corrected chi connectivity index (χ1v) is 4.38. The van der Waals surface area contributed by atoms with Gasteiger partial charge in [-0.25, -0.2) is 0 Å². The highest BCUT2D eigenvalue weighted by Crippen LogP contribution is 2.16. The van der Waals surface area contributed by atoms with Crippen LogP contribution >= 0.6 is 0 Å². The van der Waals surface area contributed by atoms with Crippen molar-refractivity contribution in [1.29, 1.82) is 0 Å². The van der Waals surface area contributed by atoms with E-state index in [2.05, 4.69) is 5.32 Å². The number of hydrogen-bond donors (Lipinski definition) is 1. The number of nitrogens with one attached hydrogen (secondary N) is 1. The van der Waals surface area contributed by atoms with Crippen LogP contribution in [0.5, 0.6) is 0 Å². The Balaban J connectivity index is 2.45. The average Bonchev–Trinajstić information content (AvgIpc) is 2.31. The molecule has 1 aliphatic heterocycles. The largest absolute Gasteiger partial charge is 0.460 e. The van der Waals surface area contributed by atoms with Gasteiger partial charge in [-0.3, -0.25) is 9.59 Å². The lowest BCUT2D eigenvalue weighted by Gasteiger charge is -2.21. The summed E-state index contributed by atoms with van der Waals surface area (Å²) in [4.78, 5) is 22.2. The lowest BCUT2D eigenvalue weighted by Crippen LogP contribution is -2.29. The zero-order valence-electron chi connectivity index (χ0n) is 8.22. The summed E-state index contributed by atoms with van der Waals surface area (Å²) >= 11 is 0. The number of hydrogen-bond acceptors (Lipinski definition) is 3. The molecule has 0 aliphatic carbocycles. The molecule has 1 atom stereocenters. The molecule has 0 saturated carbocycles. The normalized spacial score (nSPS) is 22.7. The Labute approximate surface area is 77.6 Å². The zero-order valence-corrected chi connectivity index (χ0v) is 8.22. The molecule has 1 amide bonds. The van der Waals surface area contributed by atoms with Crippen molar-refractivity contribution in [1.82, 2.24) is 5.32 Å². The summed E-state index contributed by atoms with van der Waals surface area (Å²) in [5.41, 5.74) is -0.470. The molecule has 0 aromatic carbocycles. The third-order valence-corrected chi connectivity index (χ3v) is 1.72. The number of esters is 1. The molecule has 13 heavy (non-hydrogen) atoms. The predicted molar refractivity (Wildman–Crippen MR) is 47.0 cm³/mol. The van der Waals surface area contributed by atoms with Crippen LogP contribution in [0.3, 0.4) is 0 Å². The molecule has 1 saturated heterocycles. The van der Waals surface area contributed by atoms with Crippen LogP contribution in [0.4, 0.5) is 0 Å². The van der Waals surface area contributed by atoms with E-state index in [0.29, 0.717) is 6.54 Å². The van der Waals surface area contributed by atoms with Crippen molar-refractivity contribution in [2.45, 2.75) is 32.8 Å². The van der Waals surface area contributed by atoms with Gasteiger partial charge in [0.15, 0.2) is 0 Å². The molecule has 1 rings (SSSR count). The molecule has 1 N–H and O–H groups in total. The van der Waals surface area contributed by atoms with Crippen LogP contribution in [0.2, 0.25) is 0 Å². The second-order valence-corrected chi connectivity index (χ2v) is 4.24. The van der Waals surface area contributed by atoms with Crippen LogP contribution in [0, 0.1) is 5.92 Å². The smallest absolute Gasteiger partial charge is 0.311 e. The summed E-state index contributed by atoms with van der Waals surface area (Å²) in [6.07, 6.45) is 0.259. The number of ether oxygens (including phenoxy) is 1. The fourth-order valence-electron chi connectivity index (χ4n) is 1.16. The van der Waals surface area contributed by atoms with E-state index in [4.69, 9.17) is 4.74 Å². The summed E-state index contributed by atoms with van der Waals surface area (Å²) in [6, 6.07) is 0. The van der Waals surface area contributed by atoms with Crippen molar-refractivity contribution in [3.05, 3.63) is 0 Å². The maximum Gasteiger partial charge on any atom is 0.311 e. The first-order chi connectivity index (χ1) is 5.88. The van der Waals surface area contributed by atoms with Crippen molar-refractivity contribution in [3.8, 4) is 0 Å². The van der Waals surface area contributed by atoms with Crippen LogP contribution in [-0.4, -0.2) is 24.0 Å². The molecule has 0 radical (unpaired) electrons. The van der Waals surface area contributed by atoms with Crippen molar-refractivity contribution in [2.24, 2.45) is 5.92 Å². The van der Waals surface area contributed by atoms with Gasteiger partial charge >= 0.3 is 5.97 Å². The van der Waals surface area contributed by atoms with Crippen LogP contribution in [0.25, 0.3) is 0 Å². The molecular weight excluding hydrogens is 170 g/mol. The maximum absolute atomic E-state index is 11.4. The minimum absolute atomic E-state index is 0.0733.